The highest BCUT2D eigenvalue weighted by Gasteiger charge is 2.41. The lowest BCUT2D eigenvalue weighted by Gasteiger charge is -2.27. The van der Waals surface area contributed by atoms with E-state index >= 15 is 0 Å². The monoisotopic (exact) mass is 438 g/mol. The number of halogens is 2. The summed E-state index contributed by atoms with van der Waals surface area (Å²) < 4.78 is 5.31. The standard InChI is InChI=1S/C17H30N6O3.2ClH/c1-11(2)14(18)15(25)19-9-12(24)21-17(7-5-6-8-17)16-20-13(26-22-16)10-23(3)4;;/h11,14H,5-10,18H2,1-4H3,(H,19,25)(H,21,24);2*1H/t14-;;/m0../s1. The number of nitrogens with two attached hydrogens (primary N) is 1. The van der Waals surface area contributed by atoms with Gasteiger partial charge in [0.1, 0.15) is 5.54 Å². The van der Waals surface area contributed by atoms with Crippen molar-refractivity contribution in [1.82, 2.24) is 25.7 Å². The Balaban J connectivity index is 0.00000364. The second-order valence-corrected chi connectivity index (χ2v) is 7.57. The van der Waals surface area contributed by atoms with Gasteiger partial charge in [0.05, 0.1) is 19.1 Å². The third-order valence-corrected chi connectivity index (χ3v) is 4.63. The van der Waals surface area contributed by atoms with E-state index in [1.165, 1.54) is 0 Å². The first-order valence-corrected chi connectivity index (χ1v) is 9.05. The molecule has 0 aliphatic heterocycles. The highest BCUT2D eigenvalue weighted by Crippen LogP contribution is 2.37. The molecule has 1 aromatic rings. The lowest BCUT2D eigenvalue weighted by atomic mass is 9.96. The largest absolute Gasteiger partial charge is 0.346 e. The van der Waals surface area contributed by atoms with E-state index in [9.17, 15) is 9.59 Å². The van der Waals surface area contributed by atoms with Gasteiger partial charge < -0.3 is 25.8 Å². The van der Waals surface area contributed by atoms with E-state index in [2.05, 4.69) is 20.8 Å². The van der Waals surface area contributed by atoms with Crippen molar-refractivity contribution >= 4 is 36.6 Å². The Labute approximate surface area is 178 Å². The first kappa shape index (κ1) is 26.6. The van der Waals surface area contributed by atoms with Gasteiger partial charge in [-0.1, -0.05) is 31.8 Å². The summed E-state index contributed by atoms with van der Waals surface area (Å²) in [6, 6.07) is -0.631. The van der Waals surface area contributed by atoms with Gasteiger partial charge in [-0.25, -0.2) is 0 Å². The lowest BCUT2D eigenvalue weighted by molar-refractivity contribution is -0.128. The van der Waals surface area contributed by atoms with E-state index in [-0.39, 0.29) is 49.1 Å². The molecule has 1 aromatic heterocycles. The van der Waals surface area contributed by atoms with Crippen LogP contribution in [0, 0.1) is 5.92 Å². The molecule has 9 nitrogen and oxygen atoms in total. The van der Waals surface area contributed by atoms with Crippen molar-refractivity contribution in [3.8, 4) is 0 Å². The fourth-order valence-corrected chi connectivity index (χ4v) is 3.07. The first-order valence-electron chi connectivity index (χ1n) is 9.05. The fourth-order valence-electron chi connectivity index (χ4n) is 3.07. The topological polar surface area (TPSA) is 126 Å². The zero-order chi connectivity index (χ0) is 19.3. The van der Waals surface area contributed by atoms with Crippen LogP contribution in [-0.2, 0) is 21.7 Å². The summed E-state index contributed by atoms with van der Waals surface area (Å²) in [5.74, 6) is 0.416. The van der Waals surface area contributed by atoms with E-state index in [0.29, 0.717) is 18.3 Å². The molecule has 2 rings (SSSR count). The van der Waals surface area contributed by atoms with Crippen LogP contribution in [-0.4, -0.2) is 53.5 Å². The fraction of sp³-hybridized carbons (Fsp3) is 0.765. The van der Waals surface area contributed by atoms with Crippen LogP contribution in [0.5, 0.6) is 0 Å². The molecular formula is C17H32Cl2N6O3. The maximum Gasteiger partial charge on any atom is 0.240 e. The quantitative estimate of drug-likeness (QED) is 0.551. The van der Waals surface area contributed by atoms with Crippen molar-refractivity contribution in [2.24, 2.45) is 11.7 Å². The van der Waals surface area contributed by atoms with Crippen molar-refractivity contribution in [1.29, 1.82) is 0 Å². The molecule has 1 aliphatic carbocycles. The van der Waals surface area contributed by atoms with Crippen molar-refractivity contribution in [3.05, 3.63) is 11.7 Å². The molecular weight excluding hydrogens is 407 g/mol. The zero-order valence-corrected chi connectivity index (χ0v) is 18.5. The van der Waals surface area contributed by atoms with Crippen molar-refractivity contribution in [2.45, 2.75) is 57.7 Å². The number of nitrogens with one attached hydrogen (secondary N) is 2. The van der Waals surface area contributed by atoms with E-state index in [1.54, 1.807) is 0 Å². The van der Waals surface area contributed by atoms with E-state index < -0.39 is 11.6 Å². The molecule has 2 amide bonds. The molecule has 0 unspecified atom stereocenters. The van der Waals surface area contributed by atoms with Crippen molar-refractivity contribution in [3.63, 3.8) is 0 Å². The summed E-state index contributed by atoms with van der Waals surface area (Å²) in [5, 5.41) is 9.68. The maximum absolute atomic E-state index is 12.4. The van der Waals surface area contributed by atoms with Crippen LogP contribution in [0.15, 0.2) is 4.52 Å². The Kier molecular flexibility index (Phi) is 11.0. The second kappa shape index (κ2) is 11.5. The molecule has 1 atom stereocenters. The number of amides is 2. The average Bonchev–Trinajstić information content (AvgIpc) is 3.21. The van der Waals surface area contributed by atoms with Gasteiger partial charge in [0, 0.05) is 0 Å². The molecule has 1 heterocycles. The minimum Gasteiger partial charge on any atom is -0.346 e. The molecule has 4 N–H and O–H groups in total. The third-order valence-electron chi connectivity index (χ3n) is 4.63. The zero-order valence-electron chi connectivity index (χ0n) is 16.9. The summed E-state index contributed by atoms with van der Waals surface area (Å²) in [6.45, 7) is 4.14. The number of carbonyl (C=O) groups excluding carboxylic acids is 2. The minimum atomic E-state index is -0.631. The molecule has 11 heteroatoms. The molecule has 162 valence electrons. The van der Waals surface area contributed by atoms with Gasteiger partial charge in [0.2, 0.25) is 17.7 Å². The van der Waals surface area contributed by atoms with Crippen molar-refractivity contribution in [2.75, 3.05) is 20.6 Å². The van der Waals surface area contributed by atoms with Crippen LogP contribution >= 0.6 is 24.8 Å². The molecule has 1 saturated carbocycles. The van der Waals surface area contributed by atoms with Gasteiger partial charge in [-0.2, -0.15) is 4.98 Å². The van der Waals surface area contributed by atoms with Crippen LogP contribution in [0.2, 0.25) is 0 Å². The molecule has 0 radical (unpaired) electrons. The summed E-state index contributed by atoms with van der Waals surface area (Å²) in [6.07, 6.45) is 3.45. The van der Waals surface area contributed by atoms with Crippen LogP contribution in [0.25, 0.3) is 0 Å². The van der Waals surface area contributed by atoms with Gasteiger partial charge in [-0.15, -0.1) is 24.8 Å². The summed E-state index contributed by atoms with van der Waals surface area (Å²) in [5.41, 5.74) is 5.16. The normalized spacial score (nSPS) is 16.2. The number of aromatic nitrogens is 2. The maximum atomic E-state index is 12.4. The van der Waals surface area contributed by atoms with Gasteiger partial charge in [0.25, 0.3) is 0 Å². The molecule has 0 bridgehead atoms. The predicted octanol–water partition coefficient (Wildman–Crippen LogP) is 0.960. The number of hydrogen-bond acceptors (Lipinski definition) is 7. The average molecular weight is 439 g/mol. The Bertz CT molecular complexity index is 632. The van der Waals surface area contributed by atoms with Crippen LogP contribution in [0.3, 0.4) is 0 Å². The minimum absolute atomic E-state index is 0. The van der Waals surface area contributed by atoms with Gasteiger partial charge in [-0.3, -0.25) is 9.59 Å². The first-order chi connectivity index (χ1) is 12.2. The summed E-state index contributed by atoms with van der Waals surface area (Å²) in [7, 11) is 3.84. The van der Waals surface area contributed by atoms with E-state index in [4.69, 9.17) is 10.3 Å². The molecule has 0 spiro atoms. The SMILES string of the molecule is CC(C)[C@H](N)C(=O)NCC(=O)NC1(c2noc(CN(C)C)n2)CCCC1.Cl.Cl. The molecule has 1 aliphatic rings. The molecule has 0 saturated heterocycles. The third kappa shape index (κ3) is 6.88. The number of rotatable bonds is 8. The van der Waals surface area contributed by atoms with Gasteiger partial charge in [0.15, 0.2) is 5.82 Å². The highest BCUT2D eigenvalue weighted by atomic mass is 35.5. The van der Waals surface area contributed by atoms with Crippen LogP contribution in [0.4, 0.5) is 0 Å². The van der Waals surface area contributed by atoms with E-state index in [1.807, 2.05) is 32.8 Å². The smallest absolute Gasteiger partial charge is 0.240 e. The Morgan fingerprint density at radius 2 is 1.86 bits per heavy atom. The number of carbonyl (C=O) groups is 2. The lowest BCUT2D eigenvalue weighted by Crippen LogP contribution is -2.51. The number of nitrogens with zero attached hydrogens (tertiary/aromatic N) is 3. The summed E-state index contributed by atoms with van der Waals surface area (Å²) >= 11 is 0. The van der Waals surface area contributed by atoms with Crippen molar-refractivity contribution < 1.29 is 14.1 Å². The Morgan fingerprint density at radius 1 is 1.25 bits per heavy atom. The second-order valence-electron chi connectivity index (χ2n) is 7.57. The molecule has 1 fully saturated rings. The van der Waals surface area contributed by atoms with Crippen LogP contribution in [0.1, 0.15) is 51.2 Å². The van der Waals surface area contributed by atoms with Gasteiger partial charge >= 0.3 is 0 Å². The highest BCUT2D eigenvalue weighted by molar-refractivity contribution is 5.87. The Hall–Kier alpha value is -1.42. The summed E-state index contributed by atoms with van der Waals surface area (Å²) in [4.78, 5) is 30.7. The van der Waals surface area contributed by atoms with Crippen LogP contribution < -0.4 is 16.4 Å². The molecule has 28 heavy (non-hydrogen) atoms. The Morgan fingerprint density at radius 3 is 2.39 bits per heavy atom. The molecule has 0 aromatic carbocycles. The number of hydrogen-bond donors (Lipinski definition) is 3. The predicted molar refractivity (Wildman–Crippen MR) is 110 cm³/mol. The van der Waals surface area contributed by atoms with E-state index in [0.717, 1.165) is 25.7 Å². The van der Waals surface area contributed by atoms with Gasteiger partial charge in [-0.05, 0) is 32.9 Å².